The van der Waals surface area contributed by atoms with Crippen molar-refractivity contribution in [2.24, 2.45) is 11.8 Å². The molecule has 16 heavy (non-hydrogen) atoms. The van der Waals surface area contributed by atoms with Gasteiger partial charge in [0.25, 0.3) is 0 Å². The standard InChI is InChI=1S/C13H25NO2/c1-9-6-11(9)8-14-10(2)7-12(15)16-13(3,4)5/h9-11,14H,6-8H2,1-5H3. The molecule has 3 heteroatoms. The van der Waals surface area contributed by atoms with Crippen LogP contribution in [-0.2, 0) is 9.53 Å². The average molecular weight is 227 g/mol. The lowest BCUT2D eigenvalue weighted by Gasteiger charge is -2.21. The van der Waals surface area contributed by atoms with Crippen LogP contribution in [-0.4, -0.2) is 24.2 Å². The summed E-state index contributed by atoms with van der Waals surface area (Å²) in [5.41, 5.74) is -0.373. The van der Waals surface area contributed by atoms with E-state index in [-0.39, 0.29) is 17.6 Å². The highest BCUT2D eigenvalue weighted by molar-refractivity contribution is 5.70. The monoisotopic (exact) mass is 227 g/mol. The molecule has 3 unspecified atom stereocenters. The van der Waals surface area contributed by atoms with E-state index in [0.29, 0.717) is 6.42 Å². The predicted molar refractivity (Wildman–Crippen MR) is 65.2 cm³/mol. The fourth-order valence-electron chi connectivity index (χ4n) is 1.74. The molecule has 0 aliphatic heterocycles. The molecule has 0 saturated heterocycles. The number of hydrogen-bond acceptors (Lipinski definition) is 3. The summed E-state index contributed by atoms with van der Waals surface area (Å²) in [4.78, 5) is 11.5. The Morgan fingerprint density at radius 1 is 1.50 bits per heavy atom. The number of nitrogens with one attached hydrogen (secondary N) is 1. The van der Waals surface area contributed by atoms with Crippen molar-refractivity contribution in [3.8, 4) is 0 Å². The molecule has 94 valence electrons. The largest absolute Gasteiger partial charge is 0.460 e. The molecular formula is C13H25NO2. The normalized spacial score (nSPS) is 26.3. The minimum Gasteiger partial charge on any atom is -0.460 e. The summed E-state index contributed by atoms with van der Waals surface area (Å²) in [5, 5.41) is 3.39. The molecule has 1 rings (SSSR count). The maximum Gasteiger partial charge on any atom is 0.307 e. The van der Waals surface area contributed by atoms with Crippen LogP contribution in [0.4, 0.5) is 0 Å². The van der Waals surface area contributed by atoms with Gasteiger partial charge in [-0.15, -0.1) is 0 Å². The van der Waals surface area contributed by atoms with E-state index in [4.69, 9.17) is 4.74 Å². The molecule has 3 atom stereocenters. The van der Waals surface area contributed by atoms with E-state index in [1.165, 1.54) is 6.42 Å². The molecule has 0 aromatic rings. The van der Waals surface area contributed by atoms with Crippen molar-refractivity contribution in [3.05, 3.63) is 0 Å². The Hall–Kier alpha value is -0.570. The van der Waals surface area contributed by atoms with Crippen LogP contribution < -0.4 is 5.32 Å². The minimum absolute atomic E-state index is 0.114. The second kappa shape index (κ2) is 5.17. The number of ether oxygens (including phenoxy) is 1. The van der Waals surface area contributed by atoms with E-state index >= 15 is 0 Å². The predicted octanol–water partition coefficient (Wildman–Crippen LogP) is 2.35. The first-order chi connectivity index (χ1) is 7.28. The molecule has 0 amide bonds. The number of hydrogen-bond donors (Lipinski definition) is 1. The van der Waals surface area contributed by atoms with Crippen molar-refractivity contribution < 1.29 is 9.53 Å². The Morgan fingerprint density at radius 3 is 2.50 bits per heavy atom. The molecule has 1 N–H and O–H groups in total. The maximum atomic E-state index is 11.5. The SMILES string of the molecule is CC(CC(=O)OC(C)(C)C)NCC1CC1C. The van der Waals surface area contributed by atoms with E-state index < -0.39 is 0 Å². The highest BCUT2D eigenvalue weighted by atomic mass is 16.6. The zero-order valence-corrected chi connectivity index (χ0v) is 11.2. The number of carbonyl (C=O) groups excluding carboxylic acids is 1. The van der Waals surface area contributed by atoms with Gasteiger partial charge in [-0.25, -0.2) is 0 Å². The first-order valence-electron chi connectivity index (χ1n) is 6.23. The van der Waals surface area contributed by atoms with E-state index in [9.17, 15) is 4.79 Å². The summed E-state index contributed by atoms with van der Waals surface area (Å²) < 4.78 is 5.27. The van der Waals surface area contributed by atoms with E-state index in [1.807, 2.05) is 27.7 Å². The summed E-state index contributed by atoms with van der Waals surface area (Å²) in [6.07, 6.45) is 1.78. The average Bonchev–Trinajstić information content (AvgIpc) is 2.74. The van der Waals surface area contributed by atoms with Crippen molar-refractivity contribution >= 4 is 5.97 Å². The van der Waals surface area contributed by atoms with Gasteiger partial charge in [-0.2, -0.15) is 0 Å². The van der Waals surface area contributed by atoms with Gasteiger partial charge in [0.15, 0.2) is 0 Å². The minimum atomic E-state index is -0.373. The zero-order valence-electron chi connectivity index (χ0n) is 11.2. The highest BCUT2D eigenvalue weighted by Crippen LogP contribution is 2.36. The van der Waals surface area contributed by atoms with Gasteiger partial charge in [-0.05, 0) is 52.5 Å². The van der Waals surface area contributed by atoms with Crippen molar-refractivity contribution in [1.29, 1.82) is 0 Å². The molecular weight excluding hydrogens is 202 g/mol. The molecule has 0 radical (unpaired) electrons. The number of esters is 1. The van der Waals surface area contributed by atoms with Gasteiger partial charge in [-0.3, -0.25) is 4.79 Å². The number of rotatable bonds is 5. The summed E-state index contributed by atoms with van der Waals surface area (Å²) >= 11 is 0. The molecule has 0 aromatic heterocycles. The Morgan fingerprint density at radius 2 is 2.06 bits per heavy atom. The highest BCUT2D eigenvalue weighted by Gasteiger charge is 2.32. The van der Waals surface area contributed by atoms with Crippen LogP contribution in [0.25, 0.3) is 0 Å². The third kappa shape index (κ3) is 5.50. The van der Waals surface area contributed by atoms with Gasteiger partial charge in [0.05, 0.1) is 6.42 Å². The molecule has 0 bridgehead atoms. The van der Waals surface area contributed by atoms with Crippen molar-refractivity contribution in [1.82, 2.24) is 5.32 Å². The molecule has 1 fully saturated rings. The van der Waals surface area contributed by atoms with Crippen LogP contribution >= 0.6 is 0 Å². The van der Waals surface area contributed by atoms with Gasteiger partial charge in [0.2, 0.25) is 0 Å². The van der Waals surface area contributed by atoms with Gasteiger partial charge in [0, 0.05) is 6.04 Å². The first-order valence-corrected chi connectivity index (χ1v) is 6.23. The summed E-state index contributed by atoms with van der Waals surface area (Å²) in [5.74, 6) is 1.57. The van der Waals surface area contributed by atoms with Crippen LogP contribution in [0, 0.1) is 11.8 Å². The third-order valence-corrected chi connectivity index (χ3v) is 2.90. The Balaban J connectivity index is 2.13. The maximum absolute atomic E-state index is 11.5. The molecule has 3 nitrogen and oxygen atoms in total. The second-order valence-corrected chi connectivity index (χ2v) is 6.07. The van der Waals surface area contributed by atoms with Crippen LogP contribution in [0.2, 0.25) is 0 Å². The van der Waals surface area contributed by atoms with Crippen molar-refractivity contribution in [2.75, 3.05) is 6.54 Å². The van der Waals surface area contributed by atoms with Crippen molar-refractivity contribution in [3.63, 3.8) is 0 Å². The Labute approximate surface area is 98.9 Å². The molecule has 1 aliphatic carbocycles. The van der Waals surface area contributed by atoms with Crippen molar-refractivity contribution in [2.45, 2.75) is 59.1 Å². The topological polar surface area (TPSA) is 38.3 Å². The molecule has 0 heterocycles. The fraction of sp³-hybridized carbons (Fsp3) is 0.923. The van der Waals surface area contributed by atoms with Gasteiger partial charge in [-0.1, -0.05) is 6.92 Å². The Bertz CT molecular complexity index is 245. The molecule has 0 aromatic carbocycles. The molecule has 1 aliphatic rings. The first kappa shape index (κ1) is 13.5. The second-order valence-electron chi connectivity index (χ2n) is 6.07. The lowest BCUT2D eigenvalue weighted by atomic mass is 10.2. The smallest absolute Gasteiger partial charge is 0.307 e. The lowest BCUT2D eigenvalue weighted by Crippen LogP contribution is -2.33. The lowest BCUT2D eigenvalue weighted by molar-refractivity contribution is -0.155. The zero-order chi connectivity index (χ0) is 12.3. The van der Waals surface area contributed by atoms with E-state index in [2.05, 4.69) is 12.2 Å². The summed E-state index contributed by atoms with van der Waals surface area (Å²) in [7, 11) is 0. The molecule has 0 spiro atoms. The van der Waals surface area contributed by atoms with E-state index in [0.717, 1.165) is 18.4 Å². The Kier molecular flexibility index (Phi) is 4.36. The van der Waals surface area contributed by atoms with E-state index in [1.54, 1.807) is 0 Å². The van der Waals surface area contributed by atoms with Gasteiger partial charge < -0.3 is 10.1 Å². The van der Waals surface area contributed by atoms with Crippen LogP contribution in [0.15, 0.2) is 0 Å². The summed E-state index contributed by atoms with van der Waals surface area (Å²) in [6, 6.07) is 0.211. The number of carbonyl (C=O) groups is 1. The fourth-order valence-corrected chi connectivity index (χ4v) is 1.74. The third-order valence-electron chi connectivity index (χ3n) is 2.90. The quantitative estimate of drug-likeness (QED) is 0.733. The van der Waals surface area contributed by atoms with Crippen LogP contribution in [0.5, 0.6) is 0 Å². The van der Waals surface area contributed by atoms with Gasteiger partial charge >= 0.3 is 5.97 Å². The van der Waals surface area contributed by atoms with Gasteiger partial charge in [0.1, 0.15) is 5.60 Å². The summed E-state index contributed by atoms with van der Waals surface area (Å²) in [6.45, 7) is 11.0. The van der Waals surface area contributed by atoms with Crippen LogP contribution in [0.1, 0.15) is 47.5 Å². The van der Waals surface area contributed by atoms with Crippen LogP contribution in [0.3, 0.4) is 0 Å². The molecule has 1 saturated carbocycles.